The van der Waals surface area contributed by atoms with Crippen LogP contribution >= 0.6 is 0 Å². The average Bonchev–Trinajstić information content (AvgIpc) is 2.97. The Hall–Kier alpha value is -1.60. The summed E-state index contributed by atoms with van der Waals surface area (Å²) >= 11 is 0. The lowest BCUT2D eigenvalue weighted by atomic mass is 9.96. The highest BCUT2D eigenvalue weighted by molar-refractivity contribution is 5.27. The van der Waals surface area contributed by atoms with Crippen molar-refractivity contribution in [2.45, 2.75) is 32.2 Å². The molecule has 1 nitrogen and oxygen atoms in total. The van der Waals surface area contributed by atoms with Crippen molar-refractivity contribution in [3.63, 3.8) is 0 Å². The molecule has 1 saturated heterocycles. The molecule has 3 rings (SSSR count). The van der Waals surface area contributed by atoms with Gasteiger partial charge in [0.15, 0.2) is 0 Å². The molecule has 0 spiro atoms. The van der Waals surface area contributed by atoms with Crippen LogP contribution in [0.3, 0.4) is 0 Å². The van der Waals surface area contributed by atoms with Crippen LogP contribution in [-0.4, -0.2) is 18.0 Å². The third-order valence-corrected chi connectivity index (χ3v) is 4.35. The van der Waals surface area contributed by atoms with Gasteiger partial charge in [-0.25, -0.2) is 0 Å². The van der Waals surface area contributed by atoms with Crippen LogP contribution in [0.4, 0.5) is 0 Å². The van der Waals surface area contributed by atoms with E-state index in [9.17, 15) is 0 Å². The second-order valence-corrected chi connectivity index (χ2v) is 5.80. The van der Waals surface area contributed by atoms with Gasteiger partial charge in [0.05, 0.1) is 0 Å². The molecule has 0 N–H and O–H groups in total. The minimum absolute atomic E-state index is 0.713. The highest BCUT2D eigenvalue weighted by Gasteiger charge is 2.23. The van der Waals surface area contributed by atoms with Gasteiger partial charge in [-0.15, -0.1) is 0 Å². The van der Waals surface area contributed by atoms with E-state index in [0.29, 0.717) is 5.92 Å². The monoisotopic (exact) mass is 265 g/mol. The maximum absolute atomic E-state index is 2.58. The lowest BCUT2D eigenvalue weighted by Gasteiger charge is -2.16. The summed E-state index contributed by atoms with van der Waals surface area (Å²) in [7, 11) is 0. The summed E-state index contributed by atoms with van der Waals surface area (Å²) in [5.74, 6) is 0.713. The van der Waals surface area contributed by atoms with Gasteiger partial charge in [0.2, 0.25) is 0 Å². The van der Waals surface area contributed by atoms with Crippen molar-refractivity contribution in [3.8, 4) is 0 Å². The third kappa shape index (κ3) is 3.10. The lowest BCUT2D eigenvalue weighted by Crippen LogP contribution is -2.19. The summed E-state index contributed by atoms with van der Waals surface area (Å²) in [4.78, 5) is 2.58. The number of hydrogen-bond acceptors (Lipinski definition) is 1. The lowest BCUT2D eigenvalue weighted by molar-refractivity contribution is 0.327. The molecule has 0 bridgehead atoms. The number of rotatable bonds is 4. The summed E-state index contributed by atoms with van der Waals surface area (Å²) < 4.78 is 0. The Morgan fingerprint density at radius 1 is 1.00 bits per heavy atom. The summed E-state index contributed by atoms with van der Waals surface area (Å²) in [6, 6.07) is 20.0. The molecule has 1 heterocycles. The molecule has 1 atom stereocenters. The Labute approximate surface area is 122 Å². The Morgan fingerprint density at radius 3 is 2.60 bits per heavy atom. The molecule has 0 aliphatic carbocycles. The Morgan fingerprint density at radius 2 is 1.80 bits per heavy atom. The Balaban J connectivity index is 1.64. The van der Waals surface area contributed by atoms with Crippen molar-refractivity contribution in [3.05, 3.63) is 71.3 Å². The molecule has 0 saturated carbocycles. The van der Waals surface area contributed by atoms with Crippen molar-refractivity contribution >= 4 is 0 Å². The van der Waals surface area contributed by atoms with Crippen molar-refractivity contribution < 1.29 is 0 Å². The molecule has 0 radical (unpaired) electrons. The second-order valence-electron chi connectivity index (χ2n) is 5.80. The first-order valence-electron chi connectivity index (χ1n) is 7.70. The van der Waals surface area contributed by atoms with E-state index >= 15 is 0 Å². The molecule has 2 aromatic carbocycles. The maximum atomic E-state index is 2.58. The van der Waals surface area contributed by atoms with Gasteiger partial charge >= 0.3 is 0 Å². The van der Waals surface area contributed by atoms with Gasteiger partial charge in [0, 0.05) is 13.1 Å². The maximum Gasteiger partial charge on any atom is 0.0233 e. The SMILES string of the molecule is CCc1cccc(C2CCN(Cc3ccccc3)C2)c1. The molecule has 1 aliphatic rings. The minimum Gasteiger partial charge on any atom is -0.298 e. The fraction of sp³-hybridized carbons (Fsp3) is 0.368. The minimum atomic E-state index is 0.713. The smallest absolute Gasteiger partial charge is 0.0233 e. The highest BCUT2D eigenvalue weighted by Crippen LogP contribution is 2.28. The van der Waals surface area contributed by atoms with E-state index in [1.807, 2.05) is 0 Å². The molecule has 1 aliphatic heterocycles. The third-order valence-electron chi connectivity index (χ3n) is 4.35. The average molecular weight is 265 g/mol. The summed E-state index contributed by atoms with van der Waals surface area (Å²) in [5.41, 5.74) is 4.42. The topological polar surface area (TPSA) is 3.24 Å². The van der Waals surface area contributed by atoms with Gasteiger partial charge < -0.3 is 0 Å². The summed E-state index contributed by atoms with van der Waals surface area (Å²) in [5, 5.41) is 0. The molecular formula is C19H23N. The standard InChI is InChI=1S/C19H23N/c1-2-16-9-6-10-18(13-16)19-11-12-20(15-19)14-17-7-4-3-5-8-17/h3-10,13,19H,2,11-12,14-15H2,1H3. The van der Waals surface area contributed by atoms with Crippen molar-refractivity contribution in [1.29, 1.82) is 0 Å². The van der Waals surface area contributed by atoms with Crippen LogP contribution in [-0.2, 0) is 13.0 Å². The van der Waals surface area contributed by atoms with Crippen LogP contribution in [0.2, 0.25) is 0 Å². The van der Waals surface area contributed by atoms with Crippen LogP contribution in [0.25, 0.3) is 0 Å². The molecule has 1 fully saturated rings. The zero-order valence-electron chi connectivity index (χ0n) is 12.3. The number of likely N-dealkylation sites (tertiary alicyclic amines) is 1. The predicted octanol–water partition coefficient (Wildman–Crippen LogP) is 4.24. The predicted molar refractivity (Wildman–Crippen MR) is 84.9 cm³/mol. The van der Waals surface area contributed by atoms with E-state index in [2.05, 4.69) is 66.4 Å². The zero-order chi connectivity index (χ0) is 13.8. The van der Waals surface area contributed by atoms with Gasteiger partial charge in [0.1, 0.15) is 0 Å². The van der Waals surface area contributed by atoms with Crippen molar-refractivity contribution in [2.24, 2.45) is 0 Å². The largest absolute Gasteiger partial charge is 0.298 e. The summed E-state index contributed by atoms with van der Waals surface area (Å²) in [6.07, 6.45) is 2.42. The molecular weight excluding hydrogens is 242 g/mol. The fourth-order valence-corrected chi connectivity index (χ4v) is 3.16. The van der Waals surface area contributed by atoms with Crippen LogP contribution < -0.4 is 0 Å². The first-order chi connectivity index (χ1) is 9.85. The Kier molecular flexibility index (Phi) is 4.17. The molecule has 0 aromatic heterocycles. The van der Waals surface area contributed by atoms with Crippen LogP contribution in [0, 0.1) is 0 Å². The van der Waals surface area contributed by atoms with Crippen LogP contribution in [0.15, 0.2) is 54.6 Å². The van der Waals surface area contributed by atoms with Gasteiger partial charge in [-0.2, -0.15) is 0 Å². The van der Waals surface area contributed by atoms with Crippen molar-refractivity contribution in [2.75, 3.05) is 13.1 Å². The van der Waals surface area contributed by atoms with Gasteiger partial charge in [0.25, 0.3) is 0 Å². The highest BCUT2D eigenvalue weighted by atomic mass is 15.1. The van der Waals surface area contributed by atoms with Gasteiger partial charge in [-0.3, -0.25) is 4.90 Å². The first kappa shape index (κ1) is 13.4. The van der Waals surface area contributed by atoms with Gasteiger partial charge in [-0.1, -0.05) is 61.5 Å². The number of hydrogen-bond donors (Lipinski definition) is 0. The quantitative estimate of drug-likeness (QED) is 0.799. The van der Waals surface area contributed by atoms with Crippen LogP contribution in [0.5, 0.6) is 0 Å². The molecule has 0 amide bonds. The number of aryl methyl sites for hydroxylation is 1. The molecule has 1 unspecified atom stereocenters. The molecule has 2 aromatic rings. The number of benzene rings is 2. The van der Waals surface area contributed by atoms with E-state index < -0.39 is 0 Å². The second kappa shape index (κ2) is 6.23. The van der Waals surface area contributed by atoms with Crippen molar-refractivity contribution in [1.82, 2.24) is 4.90 Å². The fourth-order valence-electron chi connectivity index (χ4n) is 3.16. The molecule has 20 heavy (non-hydrogen) atoms. The molecule has 104 valence electrons. The first-order valence-corrected chi connectivity index (χ1v) is 7.70. The van der Waals surface area contributed by atoms with Crippen LogP contribution in [0.1, 0.15) is 36.0 Å². The van der Waals surface area contributed by atoms with E-state index in [4.69, 9.17) is 0 Å². The zero-order valence-corrected chi connectivity index (χ0v) is 12.3. The van der Waals surface area contributed by atoms with E-state index in [1.54, 1.807) is 0 Å². The summed E-state index contributed by atoms with van der Waals surface area (Å²) in [6.45, 7) is 5.73. The number of nitrogens with zero attached hydrogens (tertiary/aromatic N) is 1. The normalized spacial score (nSPS) is 19.4. The van der Waals surface area contributed by atoms with Gasteiger partial charge in [-0.05, 0) is 42.0 Å². The Bertz CT molecular complexity index is 547. The van der Waals surface area contributed by atoms with E-state index in [1.165, 1.54) is 36.2 Å². The van der Waals surface area contributed by atoms with E-state index in [-0.39, 0.29) is 0 Å². The van der Waals surface area contributed by atoms with E-state index in [0.717, 1.165) is 13.0 Å². The molecule has 1 heteroatoms.